The van der Waals surface area contributed by atoms with E-state index in [1.54, 1.807) is 21.6 Å². The molecule has 0 amide bonds. The summed E-state index contributed by atoms with van der Waals surface area (Å²) in [6.07, 6.45) is 20.3. The van der Waals surface area contributed by atoms with Crippen LogP contribution in [0.5, 0.6) is 0 Å². The molecule has 0 aromatic rings. The lowest BCUT2D eigenvalue weighted by Crippen LogP contribution is -2.03. The number of thiocarbonyl (C=S) groups is 2. The van der Waals surface area contributed by atoms with Gasteiger partial charge in [0.15, 0.2) is 0 Å². The summed E-state index contributed by atoms with van der Waals surface area (Å²) in [5, 5.41) is 0.710. The summed E-state index contributed by atoms with van der Waals surface area (Å²) >= 11 is 10.4. The Morgan fingerprint density at radius 3 is 1.62 bits per heavy atom. The summed E-state index contributed by atoms with van der Waals surface area (Å²) in [6, 6.07) is 0. The highest BCUT2D eigenvalue weighted by molar-refractivity contribution is 8.84. The van der Waals surface area contributed by atoms with E-state index in [-0.39, 0.29) is 0 Å². The first-order valence-corrected chi connectivity index (χ1v) is 17.9. The Morgan fingerprint density at radius 2 is 1.09 bits per heavy atom. The van der Waals surface area contributed by atoms with Crippen molar-refractivity contribution in [3.8, 4) is 0 Å². The minimum absolute atomic E-state index is 0.670. The van der Waals surface area contributed by atoms with Crippen LogP contribution >= 0.6 is 67.6 Å². The van der Waals surface area contributed by atoms with E-state index in [4.69, 9.17) is 33.9 Å². The lowest BCUT2D eigenvalue weighted by molar-refractivity contribution is 0.346. The Morgan fingerprint density at radius 1 is 0.625 bits per heavy atom. The summed E-state index contributed by atoms with van der Waals surface area (Å²) in [5.41, 5.74) is 0. The molecule has 0 heterocycles. The van der Waals surface area contributed by atoms with Gasteiger partial charge in [-0.3, -0.25) is 0 Å². The highest BCUT2D eigenvalue weighted by Crippen LogP contribution is 2.35. The third-order valence-electron chi connectivity index (χ3n) is 5.04. The lowest BCUT2D eigenvalue weighted by Gasteiger charge is -2.16. The molecule has 0 bridgehead atoms. The second kappa shape index (κ2) is 26.8. The quantitative estimate of drug-likeness (QED) is 0.0732. The molecule has 0 aromatic carbocycles. The van der Waals surface area contributed by atoms with Crippen molar-refractivity contribution < 1.29 is 9.47 Å². The molecule has 32 heavy (non-hydrogen) atoms. The van der Waals surface area contributed by atoms with Gasteiger partial charge in [0.2, 0.25) is 8.77 Å². The molecule has 0 fully saturated rings. The zero-order valence-corrected chi connectivity index (χ0v) is 25.5. The highest BCUT2D eigenvalue weighted by Gasteiger charge is 2.12. The van der Waals surface area contributed by atoms with E-state index in [9.17, 15) is 0 Å². The molecule has 0 rings (SSSR count). The van der Waals surface area contributed by atoms with Gasteiger partial charge in [-0.05, 0) is 79.1 Å². The van der Waals surface area contributed by atoms with Gasteiger partial charge in [-0.1, -0.05) is 106 Å². The minimum Gasteiger partial charge on any atom is -0.478 e. The summed E-state index contributed by atoms with van der Waals surface area (Å²) < 4.78 is 12.1. The summed E-state index contributed by atoms with van der Waals surface area (Å²) in [6.45, 7) is 7.60. The van der Waals surface area contributed by atoms with Crippen molar-refractivity contribution in [2.45, 2.75) is 122 Å². The third-order valence-corrected chi connectivity index (χ3v) is 11.2. The van der Waals surface area contributed by atoms with Crippen LogP contribution in [0, 0.1) is 0 Å². The molecule has 0 aliphatic heterocycles. The standard InChI is InChI=1S/C24H46O2S6/c1-4-7-8-9-13-16-19-22(30-32-24(28)26-6-3)20-17-14-11-10-12-15-18-21-29-31-23(27)25-5-2/h22H,4-21H2,1-3H3. The minimum atomic E-state index is 0.670. The smallest absolute Gasteiger partial charge is 0.230 e. The first-order valence-electron chi connectivity index (χ1n) is 12.6. The average molecular weight is 559 g/mol. The molecule has 2 nitrogen and oxygen atoms in total. The Bertz CT molecular complexity index is 437. The second-order valence-corrected chi connectivity index (χ2v) is 14.0. The van der Waals surface area contributed by atoms with Crippen molar-refractivity contribution in [2.75, 3.05) is 19.0 Å². The molecule has 0 N–H and O–H groups in total. The predicted molar refractivity (Wildman–Crippen MR) is 162 cm³/mol. The molecule has 0 spiro atoms. The van der Waals surface area contributed by atoms with Crippen molar-refractivity contribution in [3.63, 3.8) is 0 Å². The van der Waals surface area contributed by atoms with E-state index >= 15 is 0 Å². The molecule has 190 valence electrons. The molecule has 1 unspecified atom stereocenters. The van der Waals surface area contributed by atoms with Crippen LogP contribution in [0.4, 0.5) is 0 Å². The highest BCUT2D eigenvalue weighted by atomic mass is 33.1. The fraction of sp³-hybridized carbons (Fsp3) is 0.917. The van der Waals surface area contributed by atoms with E-state index in [1.807, 2.05) is 35.4 Å². The van der Waals surface area contributed by atoms with Gasteiger partial charge in [0, 0.05) is 11.0 Å². The Kier molecular flexibility index (Phi) is 27.8. The van der Waals surface area contributed by atoms with Gasteiger partial charge in [-0.25, -0.2) is 0 Å². The van der Waals surface area contributed by atoms with Gasteiger partial charge < -0.3 is 9.47 Å². The average Bonchev–Trinajstić information content (AvgIpc) is 2.77. The zero-order valence-electron chi connectivity index (χ0n) is 20.6. The molecular weight excluding hydrogens is 513 g/mol. The van der Waals surface area contributed by atoms with E-state index in [1.165, 1.54) is 96.3 Å². The van der Waals surface area contributed by atoms with Crippen LogP contribution in [0.25, 0.3) is 0 Å². The molecule has 0 aliphatic carbocycles. The molecule has 0 saturated heterocycles. The maximum atomic E-state index is 5.45. The molecule has 0 radical (unpaired) electrons. The Labute approximate surface area is 225 Å². The van der Waals surface area contributed by atoms with Crippen molar-refractivity contribution in [1.82, 2.24) is 0 Å². The van der Waals surface area contributed by atoms with Crippen LogP contribution in [0.15, 0.2) is 0 Å². The van der Waals surface area contributed by atoms with E-state index in [2.05, 4.69) is 6.92 Å². The van der Waals surface area contributed by atoms with Crippen molar-refractivity contribution in [3.05, 3.63) is 0 Å². The molecule has 1 atom stereocenters. The van der Waals surface area contributed by atoms with E-state index in [0.29, 0.717) is 27.2 Å². The number of hydrogen-bond donors (Lipinski definition) is 0. The van der Waals surface area contributed by atoms with Gasteiger partial charge in [-0.15, -0.1) is 0 Å². The predicted octanol–water partition coefficient (Wildman–Crippen LogP) is 10.6. The first-order chi connectivity index (χ1) is 15.6. The van der Waals surface area contributed by atoms with Crippen LogP contribution in [0.2, 0.25) is 0 Å². The van der Waals surface area contributed by atoms with E-state index < -0.39 is 0 Å². The fourth-order valence-corrected chi connectivity index (χ4v) is 8.29. The number of rotatable bonds is 22. The Hall–Kier alpha value is 1.18. The largest absolute Gasteiger partial charge is 0.478 e. The van der Waals surface area contributed by atoms with Crippen molar-refractivity contribution in [2.24, 2.45) is 0 Å². The summed E-state index contributed by atoms with van der Waals surface area (Å²) in [4.78, 5) is 0. The van der Waals surface area contributed by atoms with Gasteiger partial charge in [0.1, 0.15) is 0 Å². The Balaban J connectivity index is 3.77. The lowest BCUT2D eigenvalue weighted by atomic mass is 10.0. The van der Waals surface area contributed by atoms with Crippen molar-refractivity contribution >= 4 is 76.4 Å². The van der Waals surface area contributed by atoms with Crippen LogP contribution in [0.3, 0.4) is 0 Å². The third kappa shape index (κ3) is 24.3. The number of ether oxygens (including phenoxy) is 2. The molecular formula is C24H46O2S6. The molecule has 0 saturated carbocycles. The fourth-order valence-electron chi connectivity index (χ4n) is 3.29. The van der Waals surface area contributed by atoms with Crippen LogP contribution in [-0.2, 0) is 9.47 Å². The normalized spacial score (nSPS) is 12.0. The topological polar surface area (TPSA) is 18.5 Å². The summed E-state index contributed by atoms with van der Waals surface area (Å²) in [7, 11) is 7.05. The van der Waals surface area contributed by atoms with Gasteiger partial charge in [0.25, 0.3) is 0 Å². The molecule has 8 heteroatoms. The van der Waals surface area contributed by atoms with Gasteiger partial charge in [0.05, 0.1) is 13.2 Å². The number of unbranched alkanes of at least 4 members (excludes halogenated alkanes) is 11. The maximum Gasteiger partial charge on any atom is 0.230 e. The molecule has 0 aromatic heterocycles. The van der Waals surface area contributed by atoms with Crippen LogP contribution < -0.4 is 0 Å². The van der Waals surface area contributed by atoms with Crippen LogP contribution in [-0.4, -0.2) is 33.0 Å². The first kappa shape index (κ1) is 33.2. The monoisotopic (exact) mass is 558 g/mol. The SMILES string of the molecule is CCCCCCCCC(CCCCCCCCCSSC(=S)OCC)SSC(=S)OCC. The van der Waals surface area contributed by atoms with Gasteiger partial charge in [-0.2, -0.15) is 0 Å². The second-order valence-electron chi connectivity index (χ2n) is 7.89. The van der Waals surface area contributed by atoms with Crippen LogP contribution in [0.1, 0.15) is 117 Å². The molecule has 0 aliphatic rings. The summed E-state index contributed by atoms with van der Waals surface area (Å²) in [5.74, 6) is 1.16. The van der Waals surface area contributed by atoms with Gasteiger partial charge >= 0.3 is 0 Å². The van der Waals surface area contributed by atoms with Crippen molar-refractivity contribution in [1.29, 1.82) is 0 Å². The number of hydrogen-bond acceptors (Lipinski definition) is 8. The maximum absolute atomic E-state index is 5.45. The van der Waals surface area contributed by atoms with E-state index in [0.717, 1.165) is 5.75 Å². The zero-order chi connectivity index (χ0) is 23.7.